The molecule has 2 N–H and O–H groups in total. The van der Waals surface area contributed by atoms with Gasteiger partial charge in [-0.15, -0.1) is 23.1 Å². The van der Waals surface area contributed by atoms with E-state index in [0.29, 0.717) is 17.4 Å². The van der Waals surface area contributed by atoms with Crippen LogP contribution in [0.5, 0.6) is 0 Å². The van der Waals surface area contributed by atoms with Crippen molar-refractivity contribution < 1.29 is 4.52 Å². The van der Waals surface area contributed by atoms with E-state index in [0.717, 1.165) is 16.2 Å². The molecule has 3 aromatic rings. The predicted octanol–water partition coefficient (Wildman–Crippen LogP) is 4.16. The highest BCUT2D eigenvalue weighted by molar-refractivity contribution is 7.99. The fourth-order valence-corrected chi connectivity index (χ4v) is 3.19. The number of hydrogen-bond acceptors (Lipinski definition) is 6. The van der Waals surface area contributed by atoms with E-state index in [4.69, 9.17) is 10.3 Å². The second-order valence-corrected chi connectivity index (χ2v) is 6.34. The number of aromatic nitrogens is 2. The van der Waals surface area contributed by atoms with Crippen LogP contribution in [-0.4, -0.2) is 15.9 Å². The summed E-state index contributed by atoms with van der Waals surface area (Å²) in [5.74, 6) is 2.11. The van der Waals surface area contributed by atoms with Crippen molar-refractivity contribution >= 4 is 28.8 Å². The topological polar surface area (TPSA) is 64.9 Å². The van der Waals surface area contributed by atoms with Crippen molar-refractivity contribution in [1.29, 1.82) is 0 Å². The lowest BCUT2D eigenvalue weighted by molar-refractivity contribution is 0.433. The van der Waals surface area contributed by atoms with E-state index in [9.17, 15) is 0 Å². The molecule has 0 unspecified atom stereocenters. The van der Waals surface area contributed by atoms with E-state index in [-0.39, 0.29) is 0 Å². The van der Waals surface area contributed by atoms with Crippen LogP contribution in [0, 0.1) is 0 Å². The van der Waals surface area contributed by atoms with Gasteiger partial charge in [-0.1, -0.05) is 12.1 Å². The number of benzene rings is 1. The van der Waals surface area contributed by atoms with Gasteiger partial charge in [0.2, 0.25) is 5.82 Å². The van der Waals surface area contributed by atoms with Crippen molar-refractivity contribution in [3.8, 4) is 22.2 Å². The molecule has 4 nitrogen and oxygen atoms in total. The van der Waals surface area contributed by atoms with Crippen LogP contribution in [0.3, 0.4) is 0 Å². The Bertz CT molecular complexity index is 703. The van der Waals surface area contributed by atoms with Crippen molar-refractivity contribution in [3.63, 3.8) is 0 Å². The second kappa shape index (κ2) is 5.68. The lowest BCUT2D eigenvalue weighted by Crippen LogP contribution is -1.84. The van der Waals surface area contributed by atoms with Crippen LogP contribution in [-0.2, 0) is 0 Å². The highest BCUT2D eigenvalue weighted by Gasteiger charge is 2.14. The summed E-state index contributed by atoms with van der Waals surface area (Å²) in [6.07, 6.45) is 0. The standard InChI is InChI=1S/C14H13N3OS2/c1-2-19-10-5-3-9(4-6-10)13-16-14(18-17-13)12-11(15)7-8-20-12/h3-8H,2,15H2,1H3. The summed E-state index contributed by atoms with van der Waals surface area (Å²) in [6.45, 7) is 2.13. The molecule has 0 fully saturated rings. The minimum Gasteiger partial charge on any atom is -0.397 e. The summed E-state index contributed by atoms with van der Waals surface area (Å²) in [5.41, 5.74) is 7.46. The molecule has 0 amide bonds. The lowest BCUT2D eigenvalue weighted by atomic mass is 10.2. The van der Waals surface area contributed by atoms with E-state index in [1.165, 1.54) is 16.2 Å². The fraction of sp³-hybridized carbons (Fsp3) is 0.143. The van der Waals surface area contributed by atoms with E-state index >= 15 is 0 Å². The molecule has 0 saturated heterocycles. The zero-order valence-electron chi connectivity index (χ0n) is 10.9. The molecule has 6 heteroatoms. The Morgan fingerprint density at radius 1 is 1.25 bits per heavy atom. The number of nitrogens with two attached hydrogens (primary N) is 1. The molecule has 0 spiro atoms. The number of thiophene rings is 1. The monoisotopic (exact) mass is 303 g/mol. The summed E-state index contributed by atoms with van der Waals surface area (Å²) in [7, 11) is 0. The Kier molecular flexibility index (Phi) is 3.75. The number of hydrogen-bond donors (Lipinski definition) is 1. The van der Waals surface area contributed by atoms with Crippen LogP contribution < -0.4 is 5.73 Å². The SMILES string of the molecule is CCSc1ccc(-c2noc(-c3sccc3N)n2)cc1. The second-order valence-electron chi connectivity index (χ2n) is 4.09. The lowest BCUT2D eigenvalue weighted by Gasteiger charge is -1.98. The normalized spacial score (nSPS) is 10.8. The quantitative estimate of drug-likeness (QED) is 0.733. The largest absolute Gasteiger partial charge is 0.397 e. The van der Waals surface area contributed by atoms with Crippen LogP contribution in [0.15, 0.2) is 45.1 Å². The van der Waals surface area contributed by atoms with Crippen LogP contribution in [0.4, 0.5) is 5.69 Å². The van der Waals surface area contributed by atoms with Crippen molar-refractivity contribution in [2.24, 2.45) is 0 Å². The average molecular weight is 303 g/mol. The number of anilines is 1. The molecule has 102 valence electrons. The number of thioether (sulfide) groups is 1. The average Bonchev–Trinajstić information content (AvgIpc) is 3.08. The van der Waals surface area contributed by atoms with Crippen LogP contribution in [0.25, 0.3) is 22.2 Å². The van der Waals surface area contributed by atoms with Gasteiger partial charge in [0.1, 0.15) is 4.88 Å². The smallest absolute Gasteiger partial charge is 0.270 e. The molecule has 0 atom stereocenters. The number of rotatable bonds is 4. The summed E-state index contributed by atoms with van der Waals surface area (Å²) in [5, 5.41) is 5.93. The first-order valence-corrected chi connectivity index (χ1v) is 8.04. The van der Waals surface area contributed by atoms with E-state index < -0.39 is 0 Å². The van der Waals surface area contributed by atoms with Gasteiger partial charge in [-0.05, 0) is 41.5 Å². The summed E-state index contributed by atoms with van der Waals surface area (Å²) in [6, 6.07) is 9.98. The van der Waals surface area contributed by atoms with E-state index in [2.05, 4.69) is 29.2 Å². The summed E-state index contributed by atoms with van der Waals surface area (Å²) >= 11 is 3.30. The van der Waals surface area contributed by atoms with Gasteiger partial charge in [-0.25, -0.2) is 0 Å². The Labute approximate surface area is 125 Å². The molecule has 3 rings (SSSR count). The number of nitrogens with zero attached hydrogens (tertiary/aromatic N) is 2. The third-order valence-corrected chi connectivity index (χ3v) is 4.55. The minimum absolute atomic E-state index is 0.472. The third kappa shape index (κ3) is 2.57. The number of nitrogen functional groups attached to an aromatic ring is 1. The molecule has 20 heavy (non-hydrogen) atoms. The Hall–Kier alpha value is -1.79. The Morgan fingerprint density at radius 3 is 2.70 bits per heavy atom. The van der Waals surface area contributed by atoms with Gasteiger partial charge in [-0.2, -0.15) is 4.98 Å². The zero-order chi connectivity index (χ0) is 13.9. The van der Waals surface area contributed by atoms with Gasteiger partial charge in [0.05, 0.1) is 5.69 Å². The molecule has 2 heterocycles. The van der Waals surface area contributed by atoms with Crippen molar-refractivity contribution in [1.82, 2.24) is 10.1 Å². The van der Waals surface area contributed by atoms with E-state index in [1.54, 1.807) is 11.8 Å². The van der Waals surface area contributed by atoms with Gasteiger partial charge >= 0.3 is 0 Å². The highest BCUT2D eigenvalue weighted by atomic mass is 32.2. The van der Waals surface area contributed by atoms with Gasteiger partial charge in [-0.3, -0.25) is 0 Å². The maximum Gasteiger partial charge on any atom is 0.270 e. The molecule has 0 aliphatic rings. The molecule has 0 aliphatic carbocycles. The fourth-order valence-electron chi connectivity index (χ4n) is 1.79. The zero-order valence-corrected chi connectivity index (χ0v) is 12.5. The molecule has 0 saturated carbocycles. The molecular weight excluding hydrogens is 290 g/mol. The highest BCUT2D eigenvalue weighted by Crippen LogP contribution is 2.31. The summed E-state index contributed by atoms with van der Waals surface area (Å²) in [4.78, 5) is 6.46. The first-order chi connectivity index (χ1) is 9.78. The molecule has 0 aliphatic heterocycles. The van der Waals surface area contributed by atoms with Crippen molar-refractivity contribution in [2.75, 3.05) is 11.5 Å². The Balaban J connectivity index is 1.88. The van der Waals surface area contributed by atoms with Crippen molar-refractivity contribution in [3.05, 3.63) is 35.7 Å². The molecular formula is C14H13N3OS2. The van der Waals surface area contributed by atoms with Crippen LogP contribution >= 0.6 is 23.1 Å². The van der Waals surface area contributed by atoms with Gasteiger partial charge < -0.3 is 10.3 Å². The minimum atomic E-state index is 0.472. The molecule has 0 bridgehead atoms. The van der Waals surface area contributed by atoms with Gasteiger partial charge in [0.25, 0.3) is 5.89 Å². The molecule has 1 aromatic carbocycles. The first kappa shape index (κ1) is 13.2. The van der Waals surface area contributed by atoms with Gasteiger partial charge in [0.15, 0.2) is 0 Å². The van der Waals surface area contributed by atoms with E-state index in [1.807, 2.05) is 23.6 Å². The molecule has 2 aromatic heterocycles. The maximum atomic E-state index is 5.85. The van der Waals surface area contributed by atoms with Crippen LogP contribution in [0.2, 0.25) is 0 Å². The van der Waals surface area contributed by atoms with Crippen molar-refractivity contribution in [2.45, 2.75) is 11.8 Å². The first-order valence-electron chi connectivity index (χ1n) is 6.18. The van der Waals surface area contributed by atoms with Gasteiger partial charge in [0, 0.05) is 10.5 Å². The predicted molar refractivity (Wildman–Crippen MR) is 83.9 cm³/mol. The third-order valence-electron chi connectivity index (χ3n) is 2.74. The Morgan fingerprint density at radius 2 is 2.05 bits per heavy atom. The van der Waals surface area contributed by atoms with Crippen LogP contribution in [0.1, 0.15) is 6.92 Å². The molecule has 0 radical (unpaired) electrons. The maximum absolute atomic E-state index is 5.85. The summed E-state index contributed by atoms with van der Waals surface area (Å²) < 4.78 is 5.29.